The number of alkyl halides is 2. The van der Waals surface area contributed by atoms with Gasteiger partial charge in [0, 0.05) is 18.3 Å². The van der Waals surface area contributed by atoms with Crippen molar-refractivity contribution in [3.05, 3.63) is 65.7 Å². The van der Waals surface area contributed by atoms with E-state index in [0.717, 1.165) is 4.52 Å². The van der Waals surface area contributed by atoms with Gasteiger partial charge in [-0.15, -0.1) is 0 Å². The van der Waals surface area contributed by atoms with E-state index in [1.807, 2.05) is 19.2 Å². The summed E-state index contributed by atoms with van der Waals surface area (Å²) in [6.07, 6.45) is 0.248. The Kier molecular flexibility index (Phi) is 5.85. The molecule has 0 spiro atoms. The molecular weight excluding hydrogens is 418 g/mol. The van der Waals surface area contributed by atoms with Crippen LogP contribution >= 0.6 is 0 Å². The number of hydrogen-bond acceptors (Lipinski definition) is 5. The summed E-state index contributed by atoms with van der Waals surface area (Å²) in [5.74, 6) is -0.00124. The standard InChI is InChI=1S/C22H22F2N6O2/c1-4-29-10-9-16(28-29)13(2)26-22(31)15-12-25-30-18(20(23)24)11-17(27-21(15)30)14-7-5-6-8-19(14)32-3/h5-13,20H,4H2,1-3H3,(H,26,31). The molecule has 1 amide bonds. The van der Waals surface area contributed by atoms with Crippen LogP contribution in [0.4, 0.5) is 8.78 Å². The lowest BCUT2D eigenvalue weighted by atomic mass is 10.1. The number of halogens is 2. The number of nitrogens with one attached hydrogen (secondary N) is 1. The quantitative estimate of drug-likeness (QED) is 0.469. The van der Waals surface area contributed by atoms with Crippen molar-refractivity contribution in [2.24, 2.45) is 0 Å². The van der Waals surface area contributed by atoms with Gasteiger partial charge in [0.05, 0.1) is 30.7 Å². The number of methoxy groups -OCH3 is 1. The van der Waals surface area contributed by atoms with E-state index in [1.165, 1.54) is 19.4 Å². The summed E-state index contributed by atoms with van der Waals surface area (Å²) in [6.45, 7) is 4.47. The van der Waals surface area contributed by atoms with Crippen LogP contribution < -0.4 is 10.1 Å². The van der Waals surface area contributed by atoms with Crippen LogP contribution in [-0.4, -0.2) is 37.4 Å². The lowest BCUT2D eigenvalue weighted by molar-refractivity contribution is 0.0940. The Morgan fingerprint density at radius 3 is 2.72 bits per heavy atom. The molecule has 1 atom stereocenters. The zero-order valence-electron chi connectivity index (χ0n) is 17.8. The van der Waals surface area contributed by atoms with Crippen LogP contribution in [0.15, 0.2) is 48.8 Å². The van der Waals surface area contributed by atoms with Crippen molar-refractivity contribution in [3.63, 3.8) is 0 Å². The molecule has 0 aliphatic carbocycles. The number of aryl methyl sites for hydroxylation is 1. The van der Waals surface area contributed by atoms with Crippen molar-refractivity contribution >= 4 is 11.6 Å². The molecule has 1 aromatic carbocycles. The fourth-order valence-corrected chi connectivity index (χ4v) is 3.43. The van der Waals surface area contributed by atoms with Crippen LogP contribution in [-0.2, 0) is 6.54 Å². The third-order valence-corrected chi connectivity index (χ3v) is 5.13. The minimum Gasteiger partial charge on any atom is -0.496 e. The largest absolute Gasteiger partial charge is 0.496 e. The smallest absolute Gasteiger partial charge is 0.280 e. The second kappa shape index (κ2) is 8.74. The number of carbonyl (C=O) groups is 1. The van der Waals surface area contributed by atoms with Crippen molar-refractivity contribution in [2.75, 3.05) is 7.11 Å². The first-order chi connectivity index (χ1) is 15.4. The first-order valence-electron chi connectivity index (χ1n) is 10.1. The minimum absolute atomic E-state index is 0.0347. The van der Waals surface area contributed by atoms with Gasteiger partial charge >= 0.3 is 0 Å². The Hall–Kier alpha value is -3.82. The fraction of sp³-hybridized carbons (Fsp3) is 0.273. The summed E-state index contributed by atoms with van der Waals surface area (Å²) >= 11 is 0. The molecule has 0 saturated carbocycles. The van der Waals surface area contributed by atoms with Crippen LogP contribution in [0.3, 0.4) is 0 Å². The lowest BCUT2D eigenvalue weighted by Crippen LogP contribution is -2.27. The topological polar surface area (TPSA) is 86.3 Å². The van der Waals surface area contributed by atoms with Gasteiger partial charge in [0.1, 0.15) is 17.0 Å². The van der Waals surface area contributed by atoms with Gasteiger partial charge in [0.15, 0.2) is 5.65 Å². The van der Waals surface area contributed by atoms with Crippen molar-refractivity contribution in [3.8, 4) is 17.0 Å². The summed E-state index contributed by atoms with van der Waals surface area (Å²) in [5, 5.41) is 11.2. The van der Waals surface area contributed by atoms with Crippen LogP contribution in [0.2, 0.25) is 0 Å². The summed E-state index contributed by atoms with van der Waals surface area (Å²) < 4.78 is 35.7. The normalized spacial score (nSPS) is 12.3. The molecule has 4 rings (SSSR count). The minimum atomic E-state index is -2.82. The number of hydrogen-bond donors (Lipinski definition) is 1. The van der Waals surface area contributed by atoms with Gasteiger partial charge in [-0.2, -0.15) is 10.2 Å². The Morgan fingerprint density at radius 2 is 2.03 bits per heavy atom. The molecule has 8 nitrogen and oxygen atoms in total. The maximum Gasteiger partial charge on any atom is 0.280 e. The van der Waals surface area contributed by atoms with Crippen LogP contribution in [0.25, 0.3) is 16.9 Å². The Bertz CT molecular complexity index is 1270. The number of ether oxygens (including phenoxy) is 1. The van der Waals surface area contributed by atoms with Crippen LogP contribution in [0.5, 0.6) is 5.75 Å². The molecule has 4 aromatic rings. The second-order valence-corrected chi connectivity index (χ2v) is 7.15. The molecule has 3 heterocycles. The van der Waals surface area contributed by atoms with E-state index in [-0.39, 0.29) is 22.6 Å². The van der Waals surface area contributed by atoms with Crippen molar-refractivity contribution in [1.29, 1.82) is 0 Å². The van der Waals surface area contributed by atoms with Gasteiger partial charge in [-0.3, -0.25) is 9.48 Å². The average molecular weight is 440 g/mol. The zero-order chi connectivity index (χ0) is 22.8. The Morgan fingerprint density at radius 1 is 1.25 bits per heavy atom. The Balaban J connectivity index is 1.75. The van der Waals surface area contributed by atoms with Gasteiger partial charge < -0.3 is 10.1 Å². The molecule has 0 aliphatic heterocycles. The highest BCUT2D eigenvalue weighted by Crippen LogP contribution is 2.32. The van der Waals surface area contributed by atoms with Crippen molar-refractivity contribution in [1.82, 2.24) is 29.7 Å². The molecular formula is C22H22F2N6O2. The highest BCUT2D eigenvalue weighted by Gasteiger charge is 2.23. The molecule has 1 N–H and O–H groups in total. The highest BCUT2D eigenvalue weighted by atomic mass is 19.3. The van der Waals surface area contributed by atoms with Crippen molar-refractivity contribution in [2.45, 2.75) is 32.9 Å². The van der Waals surface area contributed by atoms with Crippen LogP contribution in [0.1, 0.15) is 48.1 Å². The third-order valence-electron chi connectivity index (χ3n) is 5.13. The van der Waals surface area contributed by atoms with Crippen LogP contribution in [0, 0.1) is 0 Å². The highest BCUT2D eigenvalue weighted by molar-refractivity contribution is 6.00. The summed E-state index contributed by atoms with van der Waals surface area (Å²) in [5.41, 5.74) is 1.23. The molecule has 3 aromatic heterocycles. The maximum absolute atomic E-state index is 13.8. The summed E-state index contributed by atoms with van der Waals surface area (Å²) in [7, 11) is 1.49. The molecule has 32 heavy (non-hydrogen) atoms. The molecule has 10 heteroatoms. The number of benzene rings is 1. The SMILES string of the molecule is CCn1ccc(C(C)NC(=O)c2cnn3c(C(F)F)cc(-c4ccccc4OC)nc23)n1. The van der Waals surface area contributed by atoms with Crippen molar-refractivity contribution < 1.29 is 18.3 Å². The van der Waals surface area contributed by atoms with E-state index in [2.05, 4.69) is 20.5 Å². The maximum atomic E-state index is 13.8. The molecule has 0 bridgehead atoms. The van der Waals surface area contributed by atoms with Gasteiger partial charge in [0.25, 0.3) is 12.3 Å². The van der Waals surface area contributed by atoms with E-state index in [9.17, 15) is 13.6 Å². The number of para-hydroxylation sites is 1. The van der Waals surface area contributed by atoms with E-state index in [4.69, 9.17) is 4.74 Å². The van der Waals surface area contributed by atoms with E-state index in [0.29, 0.717) is 23.6 Å². The first kappa shape index (κ1) is 21.4. The van der Waals surface area contributed by atoms with Gasteiger partial charge in [0.2, 0.25) is 0 Å². The van der Waals surface area contributed by atoms with Gasteiger partial charge in [-0.25, -0.2) is 18.3 Å². The monoisotopic (exact) mass is 440 g/mol. The predicted molar refractivity (Wildman–Crippen MR) is 114 cm³/mol. The number of nitrogens with zero attached hydrogens (tertiary/aromatic N) is 5. The molecule has 166 valence electrons. The predicted octanol–water partition coefficient (Wildman–Crippen LogP) is 4.05. The number of amides is 1. The molecule has 0 radical (unpaired) electrons. The van der Waals surface area contributed by atoms with E-state index >= 15 is 0 Å². The average Bonchev–Trinajstić information content (AvgIpc) is 3.45. The van der Waals surface area contributed by atoms with E-state index in [1.54, 1.807) is 35.9 Å². The molecule has 0 saturated heterocycles. The number of aromatic nitrogens is 5. The lowest BCUT2D eigenvalue weighted by Gasteiger charge is -2.12. The number of fused-ring (bicyclic) bond motifs is 1. The zero-order valence-corrected chi connectivity index (χ0v) is 17.8. The van der Waals surface area contributed by atoms with Gasteiger partial charge in [-0.1, -0.05) is 12.1 Å². The molecule has 0 aliphatic rings. The molecule has 1 unspecified atom stereocenters. The third kappa shape index (κ3) is 3.91. The Labute approximate surface area is 182 Å². The van der Waals surface area contributed by atoms with E-state index < -0.39 is 18.4 Å². The number of rotatable bonds is 7. The molecule has 0 fully saturated rings. The summed E-state index contributed by atoms with van der Waals surface area (Å²) in [6, 6.07) is 9.64. The first-order valence-corrected chi connectivity index (χ1v) is 10.1. The summed E-state index contributed by atoms with van der Waals surface area (Å²) in [4.78, 5) is 17.5. The second-order valence-electron chi connectivity index (χ2n) is 7.15. The van der Waals surface area contributed by atoms with Gasteiger partial charge in [-0.05, 0) is 38.1 Å². The fourth-order valence-electron chi connectivity index (χ4n) is 3.43. The number of carbonyl (C=O) groups excluding carboxylic acids is 1.